The Hall–Kier alpha value is -3.24. The fourth-order valence-electron chi connectivity index (χ4n) is 2.68. The highest BCUT2D eigenvalue weighted by molar-refractivity contribution is 7.07. The van der Waals surface area contributed by atoms with Crippen molar-refractivity contribution in [1.82, 2.24) is 4.57 Å². The molecule has 1 N–H and O–H groups in total. The maximum Gasteiger partial charge on any atom is 0.436 e. The van der Waals surface area contributed by atoms with Gasteiger partial charge in [-0.2, -0.15) is 0 Å². The summed E-state index contributed by atoms with van der Waals surface area (Å²) in [5.74, 6) is -0.683. The van der Waals surface area contributed by atoms with Crippen molar-refractivity contribution in [3.05, 3.63) is 57.8 Å². The summed E-state index contributed by atoms with van der Waals surface area (Å²) < 4.78 is 16.6. The summed E-state index contributed by atoms with van der Waals surface area (Å²) in [4.78, 5) is 40.2. The maximum absolute atomic E-state index is 12.6. The van der Waals surface area contributed by atoms with Crippen LogP contribution < -0.4 is 4.80 Å². The lowest BCUT2D eigenvalue weighted by atomic mass is 10.1. The molecule has 1 aromatic heterocycles. The summed E-state index contributed by atoms with van der Waals surface area (Å²) in [6.07, 6.45) is -0.428. The van der Waals surface area contributed by atoms with E-state index in [-0.39, 0.29) is 22.7 Å². The number of carbonyl (C=O) groups excluding carboxylic acids is 2. The fourth-order valence-corrected chi connectivity index (χ4v) is 3.54. The molecule has 0 radical (unpaired) electrons. The van der Waals surface area contributed by atoms with E-state index < -0.39 is 23.8 Å². The van der Waals surface area contributed by atoms with Gasteiger partial charge in [0.25, 0.3) is 0 Å². The van der Waals surface area contributed by atoms with Crippen LogP contribution in [0, 0.1) is 0 Å². The van der Waals surface area contributed by atoms with Gasteiger partial charge < -0.3 is 19.3 Å². The number of hydrogen-bond acceptors (Lipinski definition) is 7. The lowest BCUT2D eigenvalue weighted by Crippen LogP contribution is -2.28. The molecule has 0 aliphatic heterocycles. The predicted octanol–water partition coefficient (Wildman–Crippen LogP) is 4.46. The van der Waals surface area contributed by atoms with Crippen molar-refractivity contribution < 1.29 is 33.7 Å². The average Bonchev–Trinajstić information content (AvgIpc) is 3.13. The van der Waals surface area contributed by atoms with Crippen LogP contribution in [0.15, 0.2) is 46.8 Å². The second-order valence-electron chi connectivity index (χ2n) is 7.78. The van der Waals surface area contributed by atoms with Gasteiger partial charge >= 0.3 is 18.2 Å². The maximum atomic E-state index is 12.6. The first-order valence-corrected chi connectivity index (χ1v) is 11.2. The van der Waals surface area contributed by atoms with E-state index >= 15 is 0 Å². The lowest BCUT2D eigenvalue weighted by molar-refractivity contribution is -0.136. The molecule has 1 aromatic carbocycles. The van der Waals surface area contributed by atoms with Gasteiger partial charge in [0, 0.05) is 5.38 Å². The number of thiazole rings is 1. The van der Waals surface area contributed by atoms with Crippen molar-refractivity contribution in [2.24, 2.45) is 4.99 Å². The van der Waals surface area contributed by atoms with E-state index in [1.54, 1.807) is 33.8 Å². The van der Waals surface area contributed by atoms with Gasteiger partial charge in [-0.1, -0.05) is 36.4 Å². The minimum Gasteiger partial charge on any atom is -0.464 e. The van der Waals surface area contributed by atoms with Crippen LogP contribution in [0.2, 0.25) is 0 Å². The Labute approximate surface area is 195 Å². The largest absolute Gasteiger partial charge is 0.464 e. The van der Waals surface area contributed by atoms with E-state index in [9.17, 15) is 19.5 Å². The summed E-state index contributed by atoms with van der Waals surface area (Å²) in [7, 11) is 0. The molecule has 0 aliphatic carbocycles. The van der Waals surface area contributed by atoms with E-state index in [1.165, 1.54) is 5.38 Å². The van der Waals surface area contributed by atoms with Crippen molar-refractivity contribution in [3.63, 3.8) is 0 Å². The Morgan fingerprint density at radius 1 is 1.18 bits per heavy atom. The van der Waals surface area contributed by atoms with Crippen LogP contribution in [0.5, 0.6) is 0 Å². The summed E-state index contributed by atoms with van der Waals surface area (Å²) in [6.45, 7) is 7.51. The van der Waals surface area contributed by atoms with Crippen LogP contribution in [0.4, 0.5) is 9.59 Å². The number of rotatable bonds is 8. The van der Waals surface area contributed by atoms with Crippen LogP contribution in [-0.4, -0.2) is 46.6 Å². The van der Waals surface area contributed by atoms with Crippen molar-refractivity contribution in [2.45, 2.75) is 46.3 Å². The molecule has 0 saturated heterocycles. The van der Waals surface area contributed by atoms with E-state index in [4.69, 9.17) is 14.2 Å². The smallest absolute Gasteiger partial charge is 0.436 e. The van der Waals surface area contributed by atoms with Crippen molar-refractivity contribution in [1.29, 1.82) is 0 Å². The number of esters is 1. The van der Waals surface area contributed by atoms with Crippen LogP contribution >= 0.6 is 11.3 Å². The molecule has 0 bridgehead atoms. The molecule has 1 amide bonds. The minimum atomic E-state index is -1.40. The first-order valence-electron chi connectivity index (χ1n) is 10.3. The zero-order chi connectivity index (χ0) is 24.4. The molecule has 0 fully saturated rings. The first kappa shape index (κ1) is 26.0. The van der Waals surface area contributed by atoms with Gasteiger partial charge in [-0.15, -0.1) is 16.3 Å². The molecule has 0 atom stereocenters. The van der Waals surface area contributed by atoms with Gasteiger partial charge in [0.1, 0.15) is 5.60 Å². The molecule has 10 heteroatoms. The van der Waals surface area contributed by atoms with Crippen LogP contribution in [0.25, 0.3) is 5.57 Å². The standard InChI is InChI=1S/C23H28N2O7S/c1-5-31-19(26)17(12-9-13-30-14-16-10-7-6-8-11-16)18-15-33-20(25(18)22(28)29)24-21(27)32-23(2,3)4/h6-8,10-12,15H,5,9,13-14H2,1-4H3,(H,28,29)/b17-12+,24-20-. The minimum absolute atomic E-state index is 0.0458. The van der Waals surface area contributed by atoms with Crippen LogP contribution in [-0.2, 0) is 25.6 Å². The highest BCUT2D eigenvalue weighted by Crippen LogP contribution is 2.19. The zero-order valence-corrected chi connectivity index (χ0v) is 19.9. The monoisotopic (exact) mass is 476 g/mol. The number of carboxylic acid groups (broad SMARTS) is 1. The van der Waals surface area contributed by atoms with Crippen LogP contribution in [0.3, 0.4) is 0 Å². The van der Waals surface area contributed by atoms with E-state index in [1.807, 2.05) is 30.3 Å². The Balaban J connectivity index is 2.28. The number of benzene rings is 1. The summed E-state index contributed by atoms with van der Waals surface area (Å²) in [6, 6.07) is 9.63. The van der Waals surface area contributed by atoms with Crippen molar-refractivity contribution in [3.8, 4) is 0 Å². The van der Waals surface area contributed by atoms with Gasteiger partial charge in [-0.3, -0.25) is 0 Å². The number of amides is 1. The predicted molar refractivity (Wildman–Crippen MR) is 123 cm³/mol. The van der Waals surface area contributed by atoms with E-state index in [0.717, 1.165) is 21.5 Å². The molecule has 0 aliphatic rings. The third kappa shape index (κ3) is 8.32. The quantitative estimate of drug-likeness (QED) is 0.339. The summed E-state index contributed by atoms with van der Waals surface area (Å²) in [5.41, 5.74) is 0.326. The number of aromatic nitrogens is 1. The number of nitrogens with zero attached hydrogens (tertiary/aromatic N) is 2. The third-order valence-corrected chi connectivity index (χ3v) is 4.80. The lowest BCUT2D eigenvalue weighted by Gasteiger charge is -2.16. The van der Waals surface area contributed by atoms with Crippen LogP contribution in [0.1, 0.15) is 45.4 Å². The Morgan fingerprint density at radius 3 is 2.48 bits per heavy atom. The molecular weight excluding hydrogens is 448 g/mol. The molecule has 0 spiro atoms. The normalized spacial score (nSPS) is 12.5. The summed E-state index contributed by atoms with van der Waals surface area (Å²) >= 11 is 0.898. The van der Waals surface area contributed by atoms with Crippen molar-refractivity contribution in [2.75, 3.05) is 13.2 Å². The molecule has 178 valence electrons. The molecule has 2 aromatic rings. The number of ether oxygens (including phenoxy) is 3. The summed E-state index contributed by atoms with van der Waals surface area (Å²) in [5, 5.41) is 11.2. The van der Waals surface area contributed by atoms with E-state index in [2.05, 4.69) is 4.99 Å². The van der Waals surface area contributed by atoms with Gasteiger partial charge in [0.2, 0.25) is 4.80 Å². The molecule has 0 saturated carbocycles. The second kappa shape index (κ2) is 12.1. The fraction of sp³-hybridized carbons (Fsp3) is 0.391. The van der Waals surface area contributed by atoms with Gasteiger partial charge in [0.15, 0.2) is 0 Å². The SMILES string of the molecule is CCOC(=O)/C(=C/CCOCc1ccccc1)c1cs/c(=N\C(=O)OC(C)(C)C)n1C(=O)O. The Bertz CT molecular complexity index is 1060. The van der Waals surface area contributed by atoms with Gasteiger partial charge in [-0.05, 0) is 39.7 Å². The van der Waals surface area contributed by atoms with Gasteiger partial charge in [0.05, 0.1) is 31.1 Å². The number of carbonyl (C=O) groups is 3. The molecule has 0 unspecified atom stereocenters. The Kier molecular flexibility index (Phi) is 9.56. The zero-order valence-electron chi connectivity index (χ0n) is 19.1. The molecule has 33 heavy (non-hydrogen) atoms. The number of hydrogen-bond donors (Lipinski definition) is 1. The first-order chi connectivity index (χ1) is 15.6. The molecular formula is C23H28N2O7S. The molecule has 1 heterocycles. The third-order valence-electron chi connectivity index (χ3n) is 3.97. The van der Waals surface area contributed by atoms with Crippen molar-refractivity contribution >= 4 is 35.1 Å². The van der Waals surface area contributed by atoms with Gasteiger partial charge in [-0.25, -0.2) is 19.0 Å². The molecule has 2 rings (SSSR count). The second-order valence-corrected chi connectivity index (χ2v) is 8.62. The topological polar surface area (TPSA) is 116 Å². The molecule has 9 nitrogen and oxygen atoms in total. The Morgan fingerprint density at radius 2 is 1.88 bits per heavy atom. The highest BCUT2D eigenvalue weighted by atomic mass is 32.1. The highest BCUT2D eigenvalue weighted by Gasteiger charge is 2.23. The van der Waals surface area contributed by atoms with E-state index in [0.29, 0.717) is 19.6 Å². The average molecular weight is 477 g/mol.